The molecule has 0 saturated heterocycles. The first-order chi connectivity index (χ1) is 8.82. The number of rotatable bonds is 5. The zero-order valence-electron chi connectivity index (χ0n) is 9.54. The first-order valence-electron chi connectivity index (χ1n) is 5.03. The maximum absolute atomic E-state index is 13.4. The molecule has 3 N–H and O–H groups in total. The summed E-state index contributed by atoms with van der Waals surface area (Å²) in [5.74, 6) is -5.87. The molecule has 0 heterocycles. The number of hydrogen-bond acceptors (Lipinski definition) is 4. The van der Waals surface area contributed by atoms with Gasteiger partial charge in [-0.15, -0.1) is 0 Å². The number of nitrogens with zero attached hydrogens (tertiary/aromatic N) is 1. The van der Waals surface area contributed by atoms with E-state index in [0.29, 0.717) is 4.90 Å². The van der Waals surface area contributed by atoms with E-state index in [2.05, 4.69) is 0 Å². The predicted molar refractivity (Wildman–Crippen MR) is 59.2 cm³/mol. The lowest BCUT2D eigenvalue weighted by atomic mass is 10.1. The van der Waals surface area contributed by atoms with E-state index in [0.717, 1.165) is 18.2 Å². The minimum Gasteiger partial charge on any atom is -0.507 e. The van der Waals surface area contributed by atoms with Crippen LogP contribution in [0.15, 0.2) is 18.2 Å². The van der Waals surface area contributed by atoms with Crippen molar-refractivity contribution in [3.63, 3.8) is 0 Å². The molecule has 1 aromatic rings. The van der Waals surface area contributed by atoms with Gasteiger partial charge in [0.1, 0.15) is 30.2 Å². The first kappa shape index (κ1) is 14.4. The molecular weight excluding hydrogens is 261 g/mol. The van der Waals surface area contributed by atoms with Crippen LogP contribution in [-0.2, 0) is 9.59 Å². The third-order valence-electron chi connectivity index (χ3n) is 2.14. The maximum Gasteiger partial charge on any atom is 0.323 e. The minimum atomic E-state index is -1.45. The molecule has 8 heteroatoms. The van der Waals surface area contributed by atoms with Crippen LogP contribution in [0.4, 0.5) is 4.39 Å². The highest BCUT2D eigenvalue weighted by atomic mass is 19.1. The van der Waals surface area contributed by atoms with Crippen molar-refractivity contribution in [3.8, 4) is 5.75 Å². The van der Waals surface area contributed by atoms with E-state index in [9.17, 15) is 23.9 Å². The largest absolute Gasteiger partial charge is 0.507 e. The number of carboxylic acid groups (broad SMARTS) is 2. The summed E-state index contributed by atoms with van der Waals surface area (Å²) in [6.07, 6.45) is 0. The lowest BCUT2D eigenvalue weighted by Gasteiger charge is -2.19. The van der Waals surface area contributed by atoms with Gasteiger partial charge in [-0.2, -0.15) is 0 Å². The van der Waals surface area contributed by atoms with Crippen molar-refractivity contribution in [1.29, 1.82) is 0 Å². The molecule has 1 rings (SSSR count). The van der Waals surface area contributed by atoms with Crippen molar-refractivity contribution in [2.75, 3.05) is 13.1 Å². The Labute approximate surface area is 106 Å². The molecule has 0 aliphatic rings. The van der Waals surface area contributed by atoms with Gasteiger partial charge in [-0.25, -0.2) is 4.39 Å². The number of amides is 1. The molecule has 1 aromatic carbocycles. The smallest absolute Gasteiger partial charge is 0.323 e. The van der Waals surface area contributed by atoms with Gasteiger partial charge in [0.05, 0.1) is 0 Å². The van der Waals surface area contributed by atoms with Crippen LogP contribution in [0.5, 0.6) is 5.75 Å². The quantitative estimate of drug-likeness (QED) is 0.701. The Bertz CT molecular complexity index is 494. The van der Waals surface area contributed by atoms with Gasteiger partial charge < -0.3 is 20.2 Å². The molecule has 0 aliphatic carbocycles. The number of aliphatic carboxylic acids is 2. The second kappa shape index (κ2) is 5.80. The fourth-order valence-electron chi connectivity index (χ4n) is 1.41. The Hall–Kier alpha value is -2.64. The third kappa shape index (κ3) is 3.66. The summed E-state index contributed by atoms with van der Waals surface area (Å²) in [5.41, 5.74) is -0.759. The molecule has 19 heavy (non-hydrogen) atoms. The minimum absolute atomic E-state index is 0.406. The molecule has 0 saturated carbocycles. The molecule has 1 amide bonds. The average molecular weight is 271 g/mol. The van der Waals surface area contributed by atoms with Crippen LogP contribution in [0.1, 0.15) is 10.4 Å². The molecule has 0 atom stereocenters. The number of halogens is 1. The number of phenolic OH excluding ortho intramolecular Hbond substituents is 1. The zero-order chi connectivity index (χ0) is 14.6. The molecule has 7 nitrogen and oxygen atoms in total. The molecule has 0 aliphatic heterocycles. The standard InChI is InChI=1S/C11H10FNO6/c12-6-2-1-3-7(14)10(6)11(19)13(4-8(15)16)5-9(17)18/h1-3,14H,4-5H2,(H,15,16)(H,17,18). The molecule has 0 spiro atoms. The van der Waals surface area contributed by atoms with E-state index in [4.69, 9.17) is 10.2 Å². The lowest BCUT2D eigenvalue weighted by molar-refractivity contribution is -0.140. The van der Waals surface area contributed by atoms with Crippen molar-refractivity contribution in [2.45, 2.75) is 0 Å². The van der Waals surface area contributed by atoms with Gasteiger partial charge in [0, 0.05) is 0 Å². The predicted octanol–water partition coefficient (Wildman–Crippen LogP) is 0.143. The Balaban J connectivity index is 3.11. The van der Waals surface area contributed by atoms with Crippen LogP contribution in [0.2, 0.25) is 0 Å². The highest BCUT2D eigenvalue weighted by Crippen LogP contribution is 2.21. The zero-order valence-corrected chi connectivity index (χ0v) is 9.54. The second-order valence-electron chi connectivity index (χ2n) is 3.58. The normalized spacial score (nSPS) is 9.95. The molecule has 0 radical (unpaired) electrons. The number of carbonyl (C=O) groups is 3. The van der Waals surface area contributed by atoms with Crippen LogP contribution >= 0.6 is 0 Å². The molecule has 102 valence electrons. The van der Waals surface area contributed by atoms with Gasteiger partial charge in [0.2, 0.25) is 0 Å². The highest BCUT2D eigenvalue weighted by Gasteiger charge is 2.25. The van der Waals surface area contributed by atoms with E-state index >= 15 is 0 Å². The Kier molecular flexibility index (Phi) is 4.41. The summed E-state index contributed by atoms with van der Waals surface area (Å²) in [6.45, 7) is -1.84. The van der Waals surface area contributed by atoms with Crippen molar-refractivity contribution >= 4 is 17.8 Å². The second-order valence-corrected chi connectivity index (χ2v) is 3.58. The number of aromatic hydroxyl groups is 1. The van der Waals surface area contributed by atoms with Crippen molar-refractivity contribution in [2.24, 2.45) is 0 Å². The van der Waals surface area contributed by atoms with Gasteiger partial charge in [-0.3, -0.25) is 14.4 Å². The summed E-state index contributed by atoms with van der Waals surface area (Å²) >= 11 is 0. The summed E-state index contributed by atoms with van der Waals surface area (Å²) in [6, 6.07) is 3.09. The number of carbonyl (C=O) groups excluding carboxylic acids is 1. The van der Waals surface area contributed by atoms with Crippen LogP contribution in [0, 0.1) is 5.82 Å². The van der Waals surface area contributed by atoms with E-state index in [1.54, 1.807) is 0 Å². The SMILES string of the molecule is O=C(O)CN(CC(=O)O)C(=O)c1c(O)cccc1F. The first-order valence-corrected chi connectivity index (χ1v) is 5.03. The molecule has 0 fully saturated rings. The summed E-state index contributed by atoms with van der Waals surface area (Å²) in [7, 11) is 0. The van der Waals surface area contributed by atoms with E-state index in [1.165, 1.54) is 0 Å². The van der Waals surface area contributed by atoms with Gasteiger partial charge in [0.15, 0.2) is 0 Å². The lowest BCUT2D eigenvalue weighted by Crippen LogP contribution is -2.39. The van der Waals surface area contributed by atoms with E-state index in [-0.39, 0.29) is 0 Å². The third-order valence-corrected chi connectivity index (χ3v) is 2.14. The Morgan fingerprint density at radius 1 is 1.11 bits per heavy atom. The van der Waals surface area contributed by atoms with Crippen molar-refractivity contribution < 1.29 is 34.1 Å². The fraction of sp³-hybridized carbons (Fsp3) is 0.182. The molecule has 0 aromatic heterocycles. The molecule has 0 bridgehead atoms. The van der Waals surface area contributed by atoms with E-state index < -0.39 is 48.1 Å². The Morgan fingerprint density at radius 2 is 1.63 bits per heavy atom. The number of phenols is 1. The van der Waals surface area contributed by atoms with Gasteiger partial charge >= 0.3 is 11.9 Å². The van der Waals surface area contributed by atoms with Crippen LogP contribution < -0.4 is 0 Å². The molecule has 0 unspecified atom stereocenters. The average Bonchev–Trinajstić information content (AvgIpc) is 2.26. The van der Waals surface area contributed by atoms with Gasteiger partial charge in [0.25, 0.3) is 5.91 Å². The summed E-state index contributed by atoms with van der Waals surface area (Å²) in [5, 5.41) is 26.6. The fourth-order valence-corrected chi connectivity index (χ4v) is 1.41. The van der Waals surface area contributed by atoms with Crippen molar-refractivity contribution in [3.05, 3.63) is 29.6 Å². The summed E-state index contributed by atoms with van der Waals surface area (Å²) in [4.78, 5) is 33.4. The monoisotopic (exact) mass is 271 g/mol. The summed E-state index contributed by atoms with van der Waals surface area (Å²) < 4.78 is 13.4. The Morgan fingerprint density at radius 3 is 2.05 bits per heavy atom. The topological polar surface area (TPSA) is 115 Å². The highest BCUT2D eigenvalue weighted by molar-refractivity contribution is 5.99. The number of hydrogen-bond donors (Lipinski definition) is 3. The van der Waals surface area contributed by atoms with Crippen molar-refractivity contribution in [1.82, 2.24) is 4.90 Å². The van der Waals surface area contributed by atoms with Crippen LogP contribution in [0.25, 0.3) is 0 Å². The van der Waals surface area contributed by atoms with Gasteiger partial charge in [-0.05, 0) is 12.1 Å². The number of carboxylic acids is 2. The van der Waals surface area contributed by atoms with E-state index in [1.807, 2.05) is 0 Å². The van der Waals surface area contributed by atoms with Crippen LogP contribution in [0.3, 0.4) is 0 Å². The van der Waals surface area contributed by atoms with Gasteiger partial charge in [-0.1, -0.05) is 6.07 Å². The van der Waals surface area contributed by atoms with Crippen LogP contribution in [-0.4, -0.2) is 51.2 Å². The number of benzene rings is 1. The maximum atomic E-state index is 13.4. The molecular formula is C11H10FNO6.